The Morgan fingerprint density at radius 1 is 0.889 bits per heavy atom. The van der Waals surface area contributed by atoms with Crippen molar-refractivity contribution in [3.63, 3.8) is 0 Å². The van der Waals surface area contributed by atoms with Crippen LogP contribution in [-0.2, 0) is 4.79 Å². The molecule has 0 heterocycles. The number of hydrogen-bond donors (Lipinski definition) is 1. The predicted molar refractivity (Wildman–Crippen MR) is 102 cm³/mol. The lowest BCUT2D eigenvalue weighted by molar-refractivity contribution is -0.166. The molecular weight excluding hydrogens is 351 g/mol. The Kier molecular flexibility index (Phi) is 5.04. The van der Waals surface area contributed by atoms with E-state index in [-0.39, 0.29) is 11.3 Å². The van der Waals surface area contributed by atoms with E-state index in [1.165, 1.54) is 6.92 Å². The van der Waals surface area contributed by atoms with Crippen LogP contribution in [0.2, 0.25) is 0 Å². The van der Waals surface area contributed by atoms with Gasteiger partial charge in [0.25, 0.3) is 5.78 Å². The molecule has 3 rings (SSSR count). The van der Waals surface area contributed by atoms with Crippen LogP contribution >= 0.6 is 0 Å². The Hall–Kier alpha value is -3.08. The molecule has 0 fully saturated rings. The molecule has 5 heteroatoms. The quantitative estimate of drug-likeness (QED) is 0.561. The van der Waals surface area contributed by atoms with E-state index in [4.69, 9.17) is 0 Å². The van der Waals surface area contributed by atoms with Crippen LogP contribution in [0.15, 0.2) is 72.3 Å². The molecule has 138 valence electrons. The van der Waals surface area contributed by atoms with E-state index < -0.39 is 12.0 Å². The number of benzene rings is 3. The summed E-state index contributed by atoms with van der Waals surface area (Å²) in [6.07, 6.45) is -4.93. The molecule has 0 amide bonds. The number of alkyl halides is 3. The largest absolute Gasteiger partial charge is 0.454 e. The number of aryl methyl sites for hydroxylation is 1. The number of allylic oxidation sites excluding steroid dienone is 1. The van der Waals surface area contributed by atoms with Crippen LogP contribution in [0.5, 0.6) is 0 Å². The maximum Gasteiger partial charge on any atom is 0.454 e. The van der Waals surface area contributed by atoms with E-state index in [9.17, 15) is 18.0 Å². The zero-order chi connectivity index (χ0) is 19.6. The number of halogens is 3. The number of hydrogen-bond acceptors (Lipinski definition) is 2. The standard InChI is InChI=1S/C22H18F3NO/c1-14-10-12-17(13-11-14)20(15(2)21(27)22(23,24)25)26-19-9-5-7-16-6-3-4-8-18(16)19/h3-13,26H,1-2H3/b20-15-. The van der Waals surface area contributed by atoms with Crippen LogP contribution in [-0.4, -0.2) is 12.0 Å². The number of carbonyl (C=O) groups is 1. The number of fused-ring (bicyclic) bond motifs is 1. The molecule has 0 saturated carbocycles. The van der Waals surface area contributed by atoms with Gasteiger partial charge in [-0.2, -0.15) is 13.2 Å². The molecular formula is C22H18F3NO. The van der Waals surface area contributed by atoms with Gasteiger partial charge >= 0.3 is 6.18 Å². The lowest BCUT2D eigenvalue weighted by atomic mass is 10.0. The topological polar surface area (TPSA) is 29.1 Å². The molecule has 2 nitrogen and oxygen atoms in total. The van der Waals surface area contributed by atoms with Crippen LogP contribution < -0.4 is 5.32 Å². The zero-order valence-corrected chi connectivity index (χ0v) is 14.9. The van der Waals surface area contributed by atoms with E-state index in [0.717, 1.165) is 16.3 Å². The zero-order valence-electron chi connectivity index (χ0n) is 14.9. The van der Waals surface area contributed by atoms with Crippen molar-refractivity contribution in [2.45, 2.75) is 20.0 Å². The summed E-state index contributed by atoms with van der Waals surface area (Å²) in [6, 6.07) is 20.1. The predicted octanol–water partition coefficient (Wildman–Crippen LogP) is 6.12. The van der Waals surface area contributed by atoms with Crippen LogP contribution in [0.1, 0.15) is 18.1 Å². The van der Waals surface area contributed by atoms with Crippen LogP contribution in [0.3, 0.4) is 0 Å². The van der Waals surface area contributed by atoms with Crippen molar-refractivity contribution in [3.8, 4) is 0 Å². The summed E-state index contributed by atoms with van der Waals surface area (Å²) in [5.74, 6) is -1.86. The Balaban J connectivity index is 2.15. The van der Waals surface area contributed by atoms with Crippen LogP contribution in [0.4, 0.5) is 18.9 Å². The minimum Gasteiger partial charge on any atom is -0.354 e. The highest BCUT2D eigenvalue weighted by Crippen LogP contribution is 2.31. The average Bonchev–Trinajstić information content (AvgIpc) is 2.65. The van der Waals surface area contributed by atoms with Gasteiger partial charge in [-0.25, -0.2) is 0 Å². The fourth-order valence-corrected chi connectivity index (χ4v) is 2.90. The first-order chi connectivity index (χ1) is 12.8. The molecule has 0 aliphatic rings. The molecule has 0 aromatic heterocycles. The lowest BCUT2D eigenvalue weighted by Crippen LogP contribution is -2.25. The molecule has 3 aromatic carbocycles. The third-order valence-corrected chi connectivity index (χ3v) is 4.36. The van der Waals surface area contributed by atoms with Crippen LogP contribution in [0.25, 0.3) is 16.5 Å². The third kappa shape index (κ3) is 4.03. The number of Topliss-reactive ketones (excluding diaryl/α,β-unsaturated/α-hetero) is 1. The van der Waals surface area contributed by atoms with Gasteiger partial charge in [-0.1, -0.05) is 66.2 Å². The fraction of sp³-hybridized carbons (Fsp3) is 0.136. The monoisotopic (exact) mass is 369 g/mol. The second kappa shape index (κ2) is 7.27. The first-order valence-corrected chi connectivity index (χ1v) is 8.41. The molecule has 0 radical (unpaired) electrons. The molecule has 0 bridgehead atoms. The van der Waals surface area contributed by atoms with Gasteiger partial charge in [0.15, 0.2) is 0 Å². The van der Waals surface area contributed by atoms with Gasteiger partial charge in [0, 0.05) is 16.6 Å². The maximum atomic E-state index is 13.0. The van der Waals surface area contributed by atoms with Gasteiger partial charge in [-0.05, 0) is 30.9 Å². The van der Waals surface area contributed by atoms with Crippen LogP contribution in [0, 0.1) is 6.92 Å². The number of carbonyl (C=O) groups excluding carboxylic acids is 1. The van der Waals surface area contributed by atoms with Gasteiger partial charge in [0.05, 0.1) is 5.70 Å². The Morgan fingerprint density at radius 3 is 2.19 bits per heavy atom. The molecule has 0 unspecified atom stereocenters. The molecule has 0 aliphatic heterocycles. The molecule has 1 N–H and O–H groups in total. The van der Waals surface area contributed by atoms with Crippen molar-refractivity contribution < 1.29 is 18.0 Å². The second-order valence-corrected chi connectivity index (χ2v) is 6.34. The Bertz CT molecular complexity index is 1010. The van der Waals surface area contributed by atoms with Crippen molar-refractivity contribution in [3.05, 3.63) is 83.4 Å². The minimum atomic E-state index is -4.93. The summed E-state index contributed by atoms with van der Waals surface area (Å²) in [6.45, 7) is 3.09. The second-order valence-electron chi connectivity index (χ2n) is 6.34. The van der Waals surface area contributed by atoms with E-state index in [2.05, 4.69) is 5.32 Å². The van der Waals surface area contributed by atoms with E-state index in [1.807, 2.05) is 43.3 Å². The van der Waals surface area contributed by atoms with Crippen molar-refractivity contribution in [2.75, 3.05) is 5.32 Å². The highest BCUT2D eigenvalue weighted by molar-refractivity contribution is 6.08. The number of anilines is 1. The summed E-state index contributed by atoms with van der Waals surface area (Å²) in [7, 11) is 0. The molecule has 3 aromatic rings. The smallest absolute Gasteiger partial charge is 0.354 e. The van der Waals surface area contributed by atoms with E-state index >= 15 is 0 Å². The molecule has 0 spiro atoms. The van der Waals surface area contributed by atoms with Gasteiger partial charge in [-0.15, -0.1) is 0 Å². The van der Waals surface area contributed by atoms with Crippen molar-refractivity contribution in [1.82, 2.24) is 0 Å². The molecule has 0 atom stereocenters. The van der Waals surface area contributed by atoms with Crippen molar-refractivity contribution in [1.29, 1.82) is 0 Å². The molecule has 27 heavy (non-hydrogen) atoms. The van der Waals surface area contributed by atoms with Gasteiger partial charge in [0.1, 0.15) is 0 Å². The summed E-state index contributed by atoms with van der Waals surface area (Å²) >= 11 is 0. The van der Waals surface area contributed by atoms with E-state index in [1.54, 1.807) is 30.3 Å². The molecule has 0 saturated heterocycles. The first-order valence-electron chi connectivity index (χ1n) is 8.41. The number of ketones is 1. The number of rotatable bonds is 4. The van der Waals surface area contributed by atoms with Gasteiger partial charge in [-0.3, -0.25) is 4.79 Å². The highest BCUT2D eigenvalue weighted by atomic mass is 19.4. The maximum absolute atomic E-state index is 13.0. The first kappa shape index (κ1) is 18.7. The van der Waals surface area contributed by atoms with Crippen molar-refractivity contribution in [2.24, 2.45) is 0 Å². The number of nitrogens with one attached hydrogen (secondary N) is 1. The lowest BCUT2D eigenvalue weighted by Gasteiger charge is -2.17. The molecule has 0 aliphatic carbocycles. The Labute approximate surface area is 155 Å². The highest BCUT2D eigenvalue weighted by Gasteiger charge is 2.40. The summed E-state index contributed by atoms with van der Waals surface area (Å²) < 4.78 is 39.1. The summed E-state index contributed by atoms with van der Waals surface area (Å²) in [4.78, 5) is 11.9. The van der Waals surface area contributed by atoms with E-state index in [0.29, 0.717) is 11.3 Å². The van der Waals surface area contributed by atoms with Gasteiger partial charge in [0.2, 0.25) is 0 Å². The fourth-order valence-electron chi connectivity index (χ4n) is 2.90. The van der Waals surface area contributed by atoms with Gasteiger partial charge < -0.3 is 5.32 Å². The third-order valence-electron chi connectivity index (χ3n) is 4.36. The summed E-state index contributed by atoms with van der Waals surface area (Å²) in [5, 5.41) is 4.88. The summed E-state index contributed by atoms with van der Waals surface area (Å²) in [5.41, 5.74) is 1.90. The Morgan fingerprint density at radius 2 is 1.52 bits per heavy atom. The van der Waals surface area contributed by atoms with Crippen molar-refractivity contribution >= 4 is 27.9 Å². The minimum absolute atomic E-state index is 0.147. The normalized spacial score (nSPS) is 12.6. The SMILES string of the molecule is C/C(C(=O)C(F)(F)F)=C(/Nc1cccc2ccccc12)c1ccc(C)cc1. The average molecular weight is 369 g/mol.